The maximum absolute atomic E-state index is 13.2. The van der Waals surface area contributed by atoms with E-state index in [2.05, 4.69) is 0 Å². The van der Waals surface area contributed by atoms with E-state index in [4.69, 9.17) is 0 Å². The van der Waals surface area contributed by atoms with Gasteiger partial charge in [-0.1, -0.05) is 35.9 Å². The van der Waals surface area contributed by atoms with E-state index in [9.17, 15) is 9.50 Å². The average molecular weight is 286 g/mol. The van der Waals surface area contributed by atoms with E-state index in [1.807, 2.05) is 37.3 Å². The summed E-state index contributed by atoms with van der Waals surface area (Å²) in [5.74, 6) is -0.237. The van der Waals surface area contributed by atoms with E-state index in [0.29, 0.717) is 6.42 Å². The lowest BCUT2D eigenvalue weighted by Gasteiger charge is -2.08. The second-order valence-electron chi connectivity index (χ2n) is 5.04. The molecule has 3 aromatic rings. The fraction of sp³-hybridized carbons (Fsp3) is 0.176. The largest absolute Gasteiger partial charge is 0.387 e. The Bertz CT molecular complexity index is 730. The molecule has 0 radical (unpaired) electrons. The Kier molecular flexibility index (Phi) is 3.55. The number of aliphatic hydroxyl groups is 1. The highest BCUT2D eigenvalue weighted by atomic mass is 32.1. The van der Waals surface area contributed by atoms with Crippen LogP contribution in [0.15, 0.2) is 48.5 Å². The van der Waals surface area contributed by atoms with E-state index in [0.717, 1.165) is 20.5 Å². The third-order valence-electron chi connectivity index (χ3n) is 3.38. The van der Waals surface area contributed by atoms with E-state index in [-0.39, 0.29) is 5.82 Å². The molecule has 0 aliphatic rings. The number of aliphatic hydroxyl groups excluding tert-OH is 1. The first-order valence-corrected chi connectivity index (χ1v) is 7.36. The van der Waals surface area contributed by atoms with E-state index in [1.54, 1.807) is 6.07 Å². The maximum Gasteiger partial charge on any atom is 0.124 e. The Morgan fingerprint density at radius 2 is 1.85 bits per heavy atom. The summed E-state index contributed by atoms with van der Waals surface area (Å²) in [6.45, 7) is 2.04. The lowest BCUT2D eigenvalue weighted by atomic mass is 10.1. The number of rotatable bonds is 3. The third-order valence-corrected chi connectivity index (χ3v) is 4.58. The molecule has 1 nitrogen and oxygen atoms in total. The van der Waals surface area contributed by atoms with Crippen molar-refractivity contribution in [2.45, 2.75) is 19.4 Å². The average Bonchev–Trinajstić information content (AvgIpc) is 2.84. The van der Waals surface area contributed by atoms with Gasteiger partial charge in [0.2, 0.25) is 0 Å². The SMILES string of the molecule is Cc1ccc(CC(O)c2cc3ccc(F)cc3s2)cc1. The molecular formula is C17H15FOS. The highest BCUT2D eigenvalue weighted by Crippen LogP contribution is 2.31. The fourth-order valence-electron chi connectivity index (χ4n) is 2.24. The summed E-state index contributed by atoms with van der Waals surface area (Å²) in [6.07, 6.45) is 0.0356. The first kappa shape index (κ1) is 13.3. The van der Waals surface area contributed by atoms with Crippen molar-refractivity contribution in [1.82, 2.24) is 0 Å². The Balaban J connectivity index is 1.84. The zero-order valence-corrected chi connectivity index (χ0v) is 12.0. The summed E-state index contributed by atoms with van der Waals surface area (Å²) in [7, 11) is 0. The molecule has 1 heterocycles. The predicted octanol–water partition coefficient (Wildman–Crippen LogP) is 4.62. The minimum absolute atomic E-state index is 0.237. The van der Waals surface area contributed by atoms with Gasteiger partial charge in [-0.2, -0.15) is 0 Å². The molecule has 0 aliphatic heterocycles. The molecule has 1 aromatic heterocycles. The van der Waals surface area contributed by atoms with Crippen LogP contribution in [0.5, 0.6) is 0 Å². The van der Waals surface area contributed by atoms with Crippen LogP contribution >= 0.6 is 11.3 Å². The molecule has 1 atom stereocenters. The van der Waals surface area contributed by atoms with Crippen LogP contribution in [-0.4, -0.2) is 5.11 Å². The first-order valence-electron chi connectivity index (χ1n) is 6.54. The predicted molar refractivity (Wildman–Crippen MR) is 81.6 cm³/mol. The van der Waals surface area contributed by atoms with Crippen LogP contribution in [-0.2, 0) is 6.42 Å². The number of aryl methyl sites for hydroxylation is 1. The van der Waals surface area contributed by atoms with Crippen molar-refractivity contribution in [3.05, 3.63) is 70.4 Å². The zero-order valence-electron chi connectivity index (χ0n) is 11.1. The standard InChI is InChI=1S/C17H15FOS/c1-11-2-4-12(5-3-11)8-15(19)17-9-13-6-7-14(18)10-16(13)20-17/h2-7,9-10,15,19H,8H2,1H3. The molecule has 1 N–H and O–H groups in total. The second-order valence-corrected chi connectivity index (χ2v) is 6.15. The lowest BCUT2D eigenvalue weighted by molar-refractivity contribution is 0.182. The van der Waals surface area contributed by atoms with Crippen LogP contribution in [0.1, 0.15) is 22.1 Å². The molecule has 3 rings (SSSR count). The number of benzene rings is 2. The van der Waals surface area contributed by atoms with Gasteiger partial charge < -0.3 is 5.11 Å². The summed E-state index contributed by atoms with van der Waals surface area (Å²) in [6, 6.07) is 14.8. The summed E-state index contributed by atoms with van der Waals surface area (Å²) in [5, 5.41) is 11.3. The van der Waals surface area contributed by atoms with Gasteiger partial charge in [0, 0.05) is 16.0 Å². The summed E-state index contributed by atoms with van der Waals surface area (Å²) in [4.78, 5) is 0.881. The van der Waals surface area contributed by atoms with Gasteiger partial charge in [-0.3, -0.25) is 0 Å². The van der Waals surface area contributed by atoms with Crippen LogP contribution in [0, 0.1) is 12.7 Å². The van der Waals surface area contributed by atoms with Crippen LogP contribution in [0.25, 0.3) is 10.1 Å². The molecule has 2 aromatic carbocycles. The topological polar surface area (TPSA) is 20.2 Å². The number of halogens is 1. The summed E-state index contributed by atoms with van der Waals surface area (Å²) >= 11 is 1.45. The van der Waals surface area contributed by atoms with Crippen molar-refractivity contribution < 1.29 is 9.50 Å². The van der Waals surface area contributed by atoms with Crippen molar-refractivity contribution in [2.75, 3.05) is 0 Å². The molecule has 0 saturated carbocycles. The van der Waals surface area contributed by atoms with Gasteiger partial charge in [0.15, 0.2) is 0 Å². The normalized spacial score (nSPS) is 12.8. The number of thiophene rings is 1. The van der Waals surface area contributed by atoms with Crippen molar-refractivity contribution in [1.29, 1.82) is 0 Å². The zero-order chi connectivity index (χ0) is 14.1. The number of fused-ring (bicyclic) bond motifs is 1. The molecule has 1 unspecified atom stereocenters. The van der Waals surface area contributed by atoms with Gasteiger partial charge in [0.1, 0.15) is 5.82 Å². The molecule has 0 amide bonds. The van der Waals surface area contributed by atoms with Gasteiger partial charge in [-0.25, -0.2) is 4.39 Å². The molecule has 102 valence electrons. The van der Waals surface area contributed by atoms with E-state index in [1.165, 1.54) is 29.0 Å². The molecule has 0 aliphatic carbocycles. The van der Waals surface area contributed by atoms with E-state index >= 15 is 0 Å². The Hall–Kier alpha value is -1.71. The molecule has 0 saturated heterocycles. The van der Waals surface area contributed by atoms with Crippen LogP contribution < -0.4 is 0 Å². The third kappa shape index (κ3) is 2.74. The summed E-state index contributed by atoms with van der Waals surface area (Å²) < 4.78 is 14.1. The minimum Gasteiger partial charge on any atom is -0.387 e. The van der Waals surface area contributed by atoms with Gasteiger partial charge in [-0.05, 0) is 36.1 Å². The lowest BCUT2D eigenvalue weighted by Crippen LogP contribution is -1.99. The van der Waals surface area contributed by atoms with Gasteiger partial charge in [0.05, 0.1) is 6.10 Å². The maximum atomic E-state index is 13.2. The number of hydrogen-bond acceptors (Lipinski definition) is 2. The van der Waals surface area contributed by atoms with Crippen LogP contribution in [0.3, 0.4) is 0 Å². The number of hydrogen-bond donors (Lipinski definition) is 1. The highest BCUT2D eigenvalue weighted by molar-refractivity contribution is 7.19. The van der Waals surface area contributed by atoms with Crippen molar-refractivity contribution in [2.24, 2.45) is 0 Å². The molecule has 0 bridgehead atoms. The molecule has 20 heavy (non-hydrogen) atoms. The Morgan fingerprint density at radius 3 is 2.60 bits per heavy atom. The Labute approximate surface area is 121 Å². The van der Waals surface area contributed by atoms with Gasteiger partial charge >= 0.3 is 0 Å². The quantitative estimate of drug-likeness (QED) is 0.744. The molecular weight excluding hydrogens is 271 g/mol. The highest BCUT2D eigenvalue weighted by Gasteiger charge is 2.12. The minimum atomic E-state index is -0.543. The molecule has 3 heteroatoms. The fourth-order valence-corrected chi connectivity index (χ4v) is 3.31. The van der Waals surface area contributed by atoms with Crippen molar-refractivity contribution >= 4 is 21.4 Å². The van der Waals surface area contributed by atoms with E-state index < -0.39 is 6.10 Å². The Morgan fingerprint density at radius 1 is 1.10 bits per heavy atom. The smallest absolute Gasteiger partial charge is 0.124 e. The van der Waals surface area contributed by atoms with Crippen LogP contribution in [0.4, 0.5) is 4.39 Å². The van der Waals surface area contributed by atoms with Crippen molar-refractivity contribution in [3.8, 4) is 0 Å². The monoisotopic (exact) mass is 286 g/mol. The van der Waals surface area contributed by atoms with Crippen molar-refractivity contribution in [3.63, 3.8) is 0 Å². The van der Waals surface area contributed by atoms with Gasteiger partial charge in [0.25, 0.3) is 0 Å². The van der Waals surface area contributed by atoms with Gasteiger partial charge in [-0.15, -0.1) is 11.3 Å². The summed E-state index contributed by atoms with van der Waals surface area (Å²) in [5.41, 5.74) is 2.31. The van der Waals surface area contributed by atoms with Crippen LogP contribution in [0.2, 0.25) is 0 Å². The first-order chi connectivity index (χ1) is 9.61. The second kappa shape index (κ2) is 5.35. The molecule has 0 fully saturated rings. The molecule has 0 spiro atoms.